The van der Waals surface area contributed by atoms with Crippen molar-refractivity contribution in [3.05, 3.63) is 53.1 Å². The molecule has 4 nitrogen and oxygen atoms in total. The normalized spacial score (nSPS) is 16.6. The van der Waals surface area contributed by atoms with Gasteiger partial charge in [0, 0.05) is 11.1 Å². The first-order valence-corrected chi connectivity index (χ1v) is 7.14. The number of hydrogen-bond donors (Lipinski definition) is 0. The summed E-state index contributed by atoms with van der Waals surface area (Å²) in [5.41, 5.74) is 2.36. The summed E-state index contributed by atoms with van der Waals surface area (Å²) < 4.78 is 5.11. The van der Waals surface area contributed by atoms with Crippen molar-refractivity contribution < 1.29 is 14.3 Å². The second-order valence-electron chi connectivity index (χ2n) is 5.48. The first kappa shape index (κ1) is 15.9. The first-order chi connectivity index (χ1) is 10.4. The standard InChI is InChI=1S/C18H19NO3/c1-11(2)15-10-16(12(3)8-17(15)20)19-18(21)13-6-5-7-14(9-13)22-4/h5-11H,1-4H3. The van der Waals surface area contributed by atoms with Gasteiger partial charge in [-0.05, 0) is 48.8 Å². The van der Waals surface area contributed by atoms with Crippen LogP contribution in [0.1, 0.15) is 31.1 Å². The second kappa shape index (κ2) is 6.52. The molecule has 0 aromatic heterocycles. The minimum Gasteiger partial charge on any atom is -0.497 e. The third kappa shape index (κ3) is 3.39. The fourth-order valence-corrected chi connectivity index (χ4v) is 2.19. The number of rotatable bonds is 3. The maximum atomic E-state index is 12.3. The zero-order valence-corrected chi connectivity index (χ0v) is 13.2. The molecule has 0 fully saturated rings. The number of amides is 1. The lowest BCUT2D eigenvalue weighted by Crippen LogP contribution is -2.16. The van der Waals surface area contributed by atoms with Crippen molar-refractivity contribution in [1.82, 2.24) is 0 Å². The Morgan fingerprint density at radius 3 is 2.59 bits per heavy atom. The molecule has 0 atom stereocenters. The van der Waals surface area contributed by atoms with Crippen LogP contribution >= 0.6 is 0 Å². The SMILES string of the molecule is COc1cccc(C(=O)N=C2C=C(C(C)C)C(=O)C=C2C)c1. The number of benzene rings is 1. The average Bonchev–Trinajstić information content (AvgIpc) is 2.49. The lowest BCUT2D eigenvalue weighted by Gasteiger charge is -2.15. The largest absolute Gasteiger partial charge is 0.497 e. The topological polar surface area (TPSA) is 55.7 Å². The summed E-state index contributed by atoms with van der Waals surface area (Å²) in [6.07, 6.45) is 3.24. The first-order valence-electron chi connectivity index (χ1n) is 7.14. The van der Waals surface area contributed by atoms with E-state index in [2.05, 4.69) is 4.99 Å². The quantitative estimate of drug-likeness (QED) is 0.804. The maximum Gasteiger partial charge on any atom is 0.277 e. The van der Waals surface area contributed by atoms with Gasteiger partial charge in [-0.25, -0.2) is 4.99 Å². The molecule has 0 spiro atoms. The van der Waals surface area contributed by atoms with Crippen LogP contribution in [0.15, 0.2) is 52.6 Å². The van der Waals surface area contributed by atoms with E-state index in [9.17, 15) is 9.59 Å². The minimum absolute atomic E-state index is 0.0136. The van der Waals surface area contributed by atoms with Crippen LogP contribution in [0.25, 0.3) is 0 Å². The van der Waals surface area contributed by atoms with Gasteiger partial charge in [-0.2, -0.15) is 0 Å². The number of aliphatic imine (C=N–C) groups is 1. The third-order valence-electron chi connectivity index (χ3n) is 3.49. The van der Waals surface area contributed by atoms with Gasteiger partial charge in [0.2, 0.25) is 0 Å². The Hall–Kier alpha value is -2.49. The van der Waals surface area contributed by atoms with Crippen molar-refractivity contribution in [2.75, 3.05) is 7.11 Å². The molecular weight excluding hydrogens is 278 g/mol. The molecule has 0 unspecified atom stereocenters. The Bertz CT molecular complexity index is 709. The molecule has 0 bridgehead atoms. The van der Waals surface area contributed by atoms with Gasteiger partial charge < -0.3 is 4.74 Å². The van der Waals surface area contributed by atoms with Crippen LogP contribution in [-0.2, 0) is 4.79 Å². The summed E-state index contributed by atoms with van der Waals surface area (Å²) in [4.78, 5) is 28.4. The Balaban J connectivity index is 2.36. The van der Waals surface area contributed by atoms with E-state index in [1.165, 1.54) is 6.08 Å². The number of nitrogens with zero attached hydrogens (tertiary/aromatic N) is 1. The van der Waals surface area contributed by atoms with Gasteiger partial charge in [0.15, 0.2) is 5.78 Å². The van der Waals surface area contributed by atoms with Crippen molar-refractivity contribution in [2.45, 2.75) is 20.8 Å². The summed E-state index contributed by atoms with van der Waals surface area (Å²) in [5, 5.41) is 0. The van der Waals surface area contributed by atoms with Crippen LogP contribution < -0.4 is 4.74 Å². The highest BCUT2D eigenvalue weighted by atomic mass is 16.5. The van der Waals surface area contributed by atoms with Gasteiger partial charge in [0.1, 0.15) is 5.75 Å². The second-order valence-corrected chi connectivity index (χ2v) is 5.48. The summed E-state index contributed by atoms with van der Waals surface area (Å²) in [5.74, 6) is 0.333. The molecular formula is C18H19NO3. The molecule has 4 heteroatoms. The van der Waals surface area contributed by atoms with Gasteiger partial charge in [-0.3, -0.25) is 9.59 Å². The van der Waals surface area contributed by atoms with E-state index < -0.39 is 0 Å². The van der Waals surface area contributed by atoms with E-state index in [-0.39, 0.29) is 17.6 Å². The van der Waals surface area contributed by atoms with Crippen molar-refractivity contribution >= 4 is 17.4 Å². The molecule has 1 aliphatic rings. The Morgan fingerprint density at radius 1 is 1.23 bits per heavy atom. The molecule has 0 N–H and O–H groups in total. The van der Waals surface area contributed by atoms with E-state index in [0.29, 0.717) is 28.2 Å². The van der Waals surface area contributed by atoms with E-state index in [4.69, 9.17) is 4.74 Å². The molecule has 1 aliphatic carbocycles. The highest BCUT2D eigenvalue weighted by Crippen LogP contribution is 2.20. The van der Waals surface area contributed by atoms with Crippen molar-refractivity contribution in [3.8, 4) is 5.75 Å². The zero-order chi connectivity index (χ0) is 16.3. The number of hydrogen-bond acceptors (Lipinski definition) is 3. The van der Waals surface area contributed by atoms with Crippen molar-refractivity contribution in [2.24, 2.45) is 10.9 Å². The van der Waals surface area contributed by atoms with Crippen molar-refractivity contribution in [1.29, 1.82) is 0 Å². The summed E-state index contributed by atoms with van der Waals surface area (Å²) >= 11 is 0. The van der Waals surface area contributed by atoms with E-state index in [0.717, 1.165) is 0 Å². The fraction of sp³-hybridized carbons (Fsp3) is 0.278. The smallest absolute Gasteiger partial charge is 0.277 e. The van der Waals surface area contributed by atoms with Crippen LogP contribution in [0.2, 0.25) is 0 Å². The number of methoxy groups -OCH3 is 1. The maximum absolute atomic E-state index is 12.3. The lowest BCUT2D eigenvalue weighted by molar-refractivity contribution is -0.111. The van der Waals surface area contributed by atoms with Crippen LogP contribution in [0.5, 0.6) is 5.75 Å². The van der Waals surface area contributed by atoms with Crippen LogP contribution in [0, 0.1) is 5.92 Å². The van der Waals surface area contributed by atoms with Crippen LogP contribution in [0.3, 0.4) is 0 Å². The molecule has 2 rings (SSSR count). The Labute approximate surface area is 130 Å². The Kier molecular flexibility index (Phi) is 4.71. The van der Waals surface area contributed by atoms with Crippen LogP contribution in [0.4, 0.5) is 0 Å². The van der Waals surface area contributed by atoms with E-state index >= 15 is 0 Å². The van der Waals surface area contributed by atoms with E-state index in [1.807, 2.05) is 13.8 Å². The van der Waals surface area contributed by atoms with Gasteiger partial charge in [0.25, 0.3) is 5.91 Å². The predicted octanol–water partition coefficient (Wildman–Crippen LogP) is 3.39. The van der Waals surface area contributed by atoms with Gasteiger partial charge in [-0.1, -0.05) is 19.9 Å². The third-order valence-corrected chi connectivity index (χ3v) is 3.49. The molecule has 1 aromatic rings. The summed E-state index contributed by atoms with van der Waals surface area (Å²) in [6, 6.07) is 6.85. The number of allylic oxidation sites excluding steroid dienone is 4. The highest BCUT2D eigenvalue weighted by molar-refractivity contribution is 6.24. The molecule has 0 saturated carbocycles. The van der Waals surface area contributed by atoms with Crippen LogP contribution in [-0.4, -0.2) is 24.5 Å². The number of ketones is 1. The zero-order valence-electron chi connectivity index (χ0n) is 13.2. The molecule has 22 heavy (non-hydrogen) atoms. The number of carbonyl (C=O) groups is 2. The summed E-state index contributed by atoms with van der Waals surface area (Å²) in [6.45, 7) is 5.67. The summed E-state index contributed by atoms with van der Waals surface area (Å²) in [7, 11) is 1.55. The lowest BCUT2D eigenvalue weighted by atomic mass is 9.90. The predicted molar refractivity (Wildman–Crippen MR) is 86.4 cm³/mol. The molecule has 1 aromatic carbocycles. The minimum atomic E-state index is -0.352. The monoisotopic (exact) mass is 297 g/mol. The van der Waals surface area contributed by atoms with Gasteiger partial charge in [0.05, 0.1) is 12.8 Å². The highest BCUT2D eigenvalue weighted by Gasteiger charge is 2.19. The molecule has 114 valence electrons. The number of ether oxygens (including phenoxy) is 1. The van der Waals surface area contributed by atoms with E-state index in [1.54, 1.807) is 44.4 Å². The number of carbonyl (C=O) groups excluding carboxylic acids is 2. The molecule has 0 aliphatic heterocycles. The Morgan fingerprint density at radius 2 is 1.95 bits per heavy atom. The van der Waals surface area contributed by atoms with Gasteiger partial charge >= 0.3 is 0 Å². The van der Waals surface area contributed by atoms with Gasteiger partial charge in [-0.15, -0.1) is 0 Å². The molecule has 0 radical (unpaired) electrons. The van der Waals surface area contributed by atoms with Crippen molar-refractivity contribution in [3.63, 3.8) is 0 Å². The molecule has 0 saturated heterocycles. The molecule has 0 heterocycles. The average molecular weight is 297 g/mol. The molecule has 1 amide bonds. The fourth-order valence-electron chi connectivity index (χ4n) is 2.19.